The van der Waals surface area contributed by atoms with Crippen molar-refractivity contribution in [2.24, 2.45) is 0 Å². The van der Waals surface area contributed by atoms with Gasteiger partial charge < -0.3 is 24.6 Å². The minimum absolute atomic E-state index is 0.0519. The van der Waals surface area contributed by atoms with E-state index >= 15 is 0 Å². The molecule has 8 nitrogen and oxygen atoms in total. The minimum Gasteiger partial charge on any atom is -0.516 e. The highest BCUT2D eigenvalue weighted by Crippen LogP contribution is 2.25. The molecule has 0 radical (unpaired) electrons. The van der Waals surface area contributed by atoms with Crippen molar-refractivity contribution in [3.05, 3.63) is 59.4 Å². The van der Waals surface area contributed by atoms with E-state index in [1.54, 1.807) is 13.0 Å². The fourth-order valence-corrected chi connectivity index (χ4v) is 3.57. The van der Waals surface area contributed by atoms with Crippen LogP contribution in [0.3, 0.4) is 0 Å². The minimum atomic E-state index is -0.757. The smallest absolute Gasteiger partial charge is 0.149 e. The lowest BCUT2D eigenvalue weighted by Gasteiger charge is -2.41. The maximum Gasteiger partial charge on any atom is 0.149 e. The summed E-state index contributed by atoms with van der Waals surface area (Å²) in [6.45, 7) is 12.9. The molecule has 10 heteroatoms. The van der Waals surface area contributed by atoms with Crippen LogP contribution >= 0.6 is 0 Å². The monoisotopic (exact) mass is 520 g/mol. The van der Waals surface area contributed by atoms with Crippen LogP contribution in [0.2, 0.25) is 0 Å². The van der Waals surface area contributed by atoms with Crippen LogP contribution in [0.1, 0.15) is 45.4 Å². The highest BCUT2D eigenvalue weighted by atomic mass is 19.1. The van der Waals surface area contributed by atoms with Crippen LogP contribution < -0.4 is 5.32 Å². The summed E-state index contributed by atoms with van der Waals surface area (Å²) in [5.74, 6) is -0.584. The van der Waals surface area contributed by atoms with Gasteiger partial charge in [0.2, 0.25) is 0 Å². The molecule has 2 atom stereocenters. The molecule has 0 aliphatic carbocycles. The van der Waals surface area contributed by atoms with Gasteiger partial charge in [-0.25, -0.2) is 18.7 Å². The average molecular weight is 521 g/mol. The Bertz CT molecular complexity index is 1040. The largest absolute Gasteiger partial charge is 0.516 e. The van der Waals surface area contributed by atoms with E-state index in [4.69, 9.17) is 19.3 Å². The van der Waals surface area contributed by atoms with Gasteiger partial charge in [0, 0.05) is 30.8 Å². The lowest BCUT2D eigenvalue weighted by Crippen LogP contribution is -2.54. The van der Waals surface area contributed by atoms with Crippen LogP contribution in [0.5, 0.6) is 0 Å². The predicted octanol–water partition coefficient (Wildman–Crippen LogP) is 5.56. The summed E-state index contributed by atoms with van der Waals surface area (Å²) in [4.78, 5) is 10.6. The molecule has 2 N–H and O–H groups in total. The first-order valence-corrected chi connectivity index (χ1v) is 12.4. The van der Waals surface area contributed by atoms with Gasteiger partial charge in [-0.3, -0.25) is 4.90 Å². The van der Waals surface area contributed by atoms with E-state index in [0.717, 1.165) is 51.3 Å². The van der Waals surface area contributed by atoms with Crippen molar-refractivity contribution in [3.8, 4) is 0 Å². The molecule has 4 rings (SSSR count). The van der Waals surface area contributed by atoms with Crippen molar-refractivity contribution in [1.82, 2.24) is 14.9 Å². The van der Waals surface area contributed by atoms with Crippen molar-refractivity contribution in [1.29, 1.82) is 0 Å². The van der Waals surface area contributed by atoms with Gasteiger partial charge in [0.15, 0.2) is 0 Å². The van der Waals surface area contributed by atoms with Gasteiger partial charge in [-0.05, 0) is 32.1 Å². The molecule has 2 aliphatic heterocycles. The number of nitrogens with one attached hydrogen (secondary N) is 1. The second kappa shape index (κ2) is 15.9. The highest BCUT2D eigenvalue weighted by molar-refractivity contribution is 5.74. The van der Waals surface area contributed by atoms with Gasteiger partial charge in [-0.1, -0.05) is 20.3 Å². The Labute approximate surface area is 218 Å². The summed E-state index contributed by atoms with van der Waals surface area (Å²) in [6, 6.07) is 3.68. The number of ether oxygens (including phenoxy) is 3. The number of methoxy groups -OCH3 is 1. The number of rotatable bonds is 5. The number of aliphatic hydroxyl groups excluding tert-OH is 1. The van der Waals surface area contributed by atoms with Crippen LogP contribution in [0.15, 0.2) is 36.5 Å². The topological polar surface area (TPSA) is 89.0 Å². The number of hydrogen-bond donors (Lipinski definition) is 2. The van der Waals surface area contributed by atoms with E-state index < -0.39 is 11.6 Å². The molecule has 1 unspecified atom stereocenters. The second-order valence-corrected chi connectivity index (χ2v) is 8.62. The second-order valence-electron chi connectivity index (χ2n) is 8.62. The maximum absolute atomic E-state index is 13.8. The molecule has 2 aliphatic rings. The van der Waals surface area contributed by atoms with E-state index in [2.05, 4.69) is 41.0 Å². The molecule has 0 bridgehead atoms. The molecule has 2 aromatic rings. The number of halogens is 2. The third kappa shape index (κ3) is 9.71. The van der Waals surface area contributed by atoms with Crippen molar-refractivity contribution < 1.29 is 28.1 Å². The number of nitrogens with zero attached hydrogens (tertiary/aromatic N) is 3. The Morgan fingerprint density at radius 1 is 1.27 bits per heavy atom. The van der Waals surface area contributed by atoms with Crippen LogP contribution in [0.4, 0.5) is 20.3 Å². The zero-order valence-electron chi connectivity index (χ0n) is 22.2. The van der Waals surface area contributed by atoms with Crippen LogP contribution in [-0.2, 0) is 14.2 Å². The maximum atomic E-state index is 13.8. The summed E-state index contributed by atoms with van der Waals surface area (Å²) in [5, 5.41) is 11.8. The lowest BCUT2D eigenvalue weighted by molar-refractivity contribution is -0.110. The molecule has 0 amide bonds. The third-order valence-electron chi connectivity index (χ3n) is 5.42. The van der Waals surface area contributed by atoms with Gasteiger partial charge in [-0.2, -0.15) is 0 Å². The normalized spacial score (nSPS) is 19.7. The molecular formula is C27H38F2N4O4. The zero-order chi connectivity index (χ0) is 27.2. The van der Waals surface area contributed by atoms with E-state index in [-0.39, 0.29) is 11.5 Å². The van der Waals surface area contributed by atoms with Crippen molar-refractivity contribution >= 4 is 23.7 Å². The van der Waals surface area contributed by atoms with Gasteiger partial charge in [0.1, 0.15) is 23.8 Å². The van der Waals surface area contributed by atoms with Gasteiger partial charge in [-0.15, -0.1) is 0 Å². The Kier molecular flexibility index (Phi) is 13.0. The third-order valence-corrected chi connectivity index (χ3v) is 5.42. The fraction of sp³-hybridized carbons (Fsp3) is 0.481. The number of benzene rings is 1. The SMILES string of the molecule is CC1CN2CCOC[C@H]2CO1.CCC.CO/C(C)=C/c1ncnc(Nc2ccc(F)cc2F)c1/C=C/O. The number of anilines is 2. The van der Waals surface area contributed by atoms with E-state index in [1.807, 2.05) is 0 Å². The summed E-state index contributed by atoms with van der Waals surface area (Å²) in [5.41, 5.74) is 0.945. The molecule has 2 fully saturated rings. The summed E-state index contributed by atoms with van der Waals surface area (Å²) in [6.07, 6.45) is 6.77. The molecule has 0 spiro atoms. The van der Waals surface area contributed by atoms with Crippen LogP contribution in [-0.4, -0.2) is 72.1 Å². The number of aromatic nitrogens is 2. The van der Waals surface area contributed by atoms with Crippen LogP contribution in [0, 0.1) is 11.6 Å². The summed E-state index contributed by atoms with van der Waals surface area (Å²) >= 11 is 0. The summed E-state index contributed by atoms with van der Waals surface area (Å²) in [7, 11) is 1.52. The molecular weight excluding hydrogens is 482 g/mol. The molecule has 1 aromatic heterocycles. The van der Waals surface area contributed by atoms with Crippen molar-refractivity contribution in [2.75, 3.05) is 45.3 Å². The van der Waals surface area contributed by atoms with E-state index in [1.165, 1.54) is 32.0 Å². The Morgan fingerprint density at radius 2 is 2.03 bits per heavy atom. The Hall–Kier alpha value is -3.08. The first kappa shape index (κ1) is 30.1. The molecule has 204 valence electrons. The highest BCUT2D eigenvalue weighted by Gasteiger charge is 2.29. The van der Waals surface area contributed by atoms with E-state index in [9.17, 15) is 8.78 Å². The van der Waals surface area contributed by atoms with Crippen molar-refractivity contribution in [3.63, 3.8) is 0 Å². The van der Waals surface area contributed by atoms with Gasteiger partial charge in [0.05, 0.1) is 62.5 Å². The quantitative estimate of drug-likeness (QED) is 0.496. The standard InChI is InChI=1S/C16H15F2N3O2.C8H15NO2.C3H8/c1-10(23-2)7-15-12(5-6-22)16(20-9-19-15)21-14-4-3-11(17)8-13(14)18;1-7-4-9-2-3-10-5-8(9)6-11-7;1-3-2/h3-9,22H,1-2H3,(H,19,20,21);7-8H,2-6H2,1H3;3H2,1-2H3/b6-5+,10-7+;;/t;7?,8-;/m.0./s1. The first-order valence-electron chi connectivity index (χ1n) is 12.4. The number of aliphatic hydroxyl groups is 1. The number of allylic oxidation sites excluding steroid dienone is 1. The van der Waals surface area contributed by atoms with Crippen molar-refractivity contribution in [2.45, 2.75) is 46.3 Å². The number of hydrogen-bond acceptors (Lipinski definition) is 8. The molecule has 3 heterocycles. The molecule has 37 heavy (non-hydrogen) atoms. The Morgan fingerprint density at radius 3 is 2.70 bits per heavy atom. The number of morpholine rings is 2. The summed E-state index contributed by atoms with van der Waals surface area (Å²) < 4.78 is 42.7. The number of fused-ring (bicyclic) bond motifs is 1. The van der Waals surface area contributed by atoms with Gasteiger partial charge in [0.25, 0.3) is 0 Å². The van der Waals surface area contributed by atoms with E-state index in [0.29, 0.717) is 29.2 Å². The van der Waals surface area contributed by atoms with Gasteiger partial charge >= 0.3 is 0 Å². The Balaban J connectivity index is 0.000000283. The zero-order valence-corrected chi connectivity index (χ0v) is 22.2. The average Bonchev–Trinajstić information content (AvgIpc) is 2.88. The first-order chi connectivity index (χ1) is 17.8. The lowest BCUT2D eigenvalue weighted by atomic mass is 10.1. The molecule has 0 saturated carbocycles. The molecule has 2 saturated heterocycles. The fourth-order valence-electron chi connectivity index (χ4n) is 3.57. The van der Waals surface area contributed by atoms with Crippen LogP contribution in [0.25, 0.3) is 12.2 Å². The molecule has 1 aromatic carbocycles. The predicted molar refractivity (Wildman–Crippen MR) is 142 cm³/mol.